The number of nitrogens with one attached hydrogen (secondary N) is 1. The maximum absolute atomic E-state index is 11.6. The molecule has 7 heteroatoms. The molecular formula is C18H30N4O3. The van der Waals surface area contributed by atoms with Crippen LogP contribution in [0.4, 0.5) is 0 Å². The van der Waals surface area contributed by atoms with Crippen molar-refractivity contribution in [2.24, 2.45) is 5.92 Å². The van der Waals surface area contributed by atoms with E-state index in [1.165, 1.54) is 12.2 Å². The average molecular weight is 350 g/mol. The second-order valence-electron chi connectivity index (χ2n) is 7.07. The van der Waals surface area contributed by atoms with Gasteiger partial charge in [-0.05, 0) is 32.3 Å². The Morgan fingerprint density at radius 3 is 2.72 bits per heavy atom. The molecule has 0 aliphatic rings. The number of hydrogen-bond acceptors (Lipinski definition) is 5. The van der Waals surface area contributed by atoms with Crippen molar-refractivity contribution in [1.82, 2.24) is 20.3 Å². The summed E-state index contributed by atoms with van der Waals surface area (Å²) in [4.78, 5) is 22.8. The van der Waals surface area contributed by atoms with Gasteiger partial charge >= 0.3 is 0 Å². The summed E-state index contributed by atoms with van der Waals surface area (Å²) in [6, 6.07) is 0. The molecule has 1 aromatic heterocycles. The number of rotatable bonds is 11. The van der Waals surface area contributed by atoms with E-state index in [0.29, 0.717) is 31.2 Å². The van der Waals surface area contributed by atoms with E-state index in [9.17, 15) is 9.59 Å². The Morgan fingerprint density at radius 2 is 2.08 bits per heavy atom. The lowest BCUT2D eigenvalue weighted by Gasteiger charge is -2.25. The predicted molar refractivity (Wildman–Crippen MR) is 95.8 cm³/mol. The largest absolute Gasteiger partial charge is 0.374 e. The first-order chi connectivity index (χ1) is 11.7. The summed E-state index contributed by atoms with van der Waals surface area (Å²) in [5, 5.41) is 10.8. The molecule has 0 aliphatic carbocycles. The van der Waals surface area contributed by atoms with Gasteiger partial charge in [0.1, 0.15) is 5.69 Å². The van der Waals surface area contributed by atoms with Crippen LogP contribution < -0.4 is 5.32 Å². The van der Waals surface area contributed by atoms with E-state index in [4.69, 9.17) is 4.74 Å². The zero-order chi connectivity index (χ0) is 18.9. The van der Waals surface area contributed by atoms with Crippen LogP contribution >= 0.6 is 0 Å². The molecule has 0 bridgehead atoms. The molecule has 0 aliphatic heterocycles. The Morgan fingerprint density at radius 1 is 1.36 bits per heavy atom. The molecule has 25 heavy (non-hydrogen) atoms. The summed E-state index contributed by atoms with van der Waals surface area (Å²) in [7, 11) is 0. The van der Waals surface area contributed by atoms with Gasteiger partial charge in [0.15, 0.2) is 5.78 Å². The first-order valence-electron chi connectivity index (χ1n) is 8.73. The maximum Gasteiger partial charge on any atom is 0.244 e. The molecule has 1 heterocycles. The minimum atomic E-state index is -0.341. The highest BCUT2D eigenvalue weighted by Crippen LogP contribution is 2.14. The number of ether oxygens (including phenoxy) is 1. The summed E-state index contributed by atoms with van der Waals surface area (Å²) in [6.07, 6.45) is 5.71. The fourth-order valence-electron chi connectivity index (χ4n) is 2.03. The van der Waals surface area contributed by atoms with Crippen LogP contribution in [0.5, 0.6) is 0 Å². The van der Waals surface area contributed by atoms with Gasteiger partial charge in [-0.25, -0.2) is 4.68 Å². The Kier molecular flexibility index (Phi) is 8.48. The van der Waals surface area contributed by atoms with E-state index in [2.05, 4.69) is 29.5 Å². The van der Waals surface area contributed by atoms with Crippen molar-refractivity contribution in [3.63, 3.8) is 0 Å². The van der Waals surface area contributed by atoms with Crippen molar-refractivity contribution in [2.75, 3.05) is 6.61 Å². The molecule has 1 aromatic rings. The van der Waals surface area contributed by atoms with E-state index >= 15 is 0 Å². The molecule has 0 saturated heterocycles. The molecule has 0 atom stereocenters. The van der Waals surface area contributed by atoms with Gasteiger partial charge in [0.25, 0.3) is 0 Å². The first-order valence-corrected chi connectivity index (χ1v) is 8.73. The zero-order valence-electron chi connectivity index (χ0n) is 15.9. The summed E-state index contributed by atoms with van der Waals surface area (Å²) >= 11 is 0. The van der Waals surface area contributed by atoms with Gasteiger partial charge in [-0.3, -0.25) is 9.59 Å². The average Bonchev–Trinajstić information content (AvgIpc) is 2.96. The third kappa shape index (κ3) is 9.14. The fourth-order valence-corrected chi connectivity index (χ4v) is 2.03. The van der Waals surface area contributed by atoms with Crippen molar-refractivity contribution in [2.45, 2.75) is 66.2 Å². The Bertz CT molecular complexity index is 591. The number of aromatic nitrogens is 3. The highest BCUT2D eigenvalue weighted by molar-refractivity contribution is 5.97. The molecule has 7 nitrogen and oxygen atoms in total. The van der Waals surface area contributed by atoms with E-state index in [-0.39, 0.29) is 23.8 Å². The van der Waals surface area contributed by atoms with Crippen LogP contribution in [0.3, 0.4) is 0 Å². The normalized spacial score (nSPS) is 12.1. The van der Waals surface area contributed by atoms with Crippen molar-refractivity contribution in [3.8, 4) is 0 Å². The standard InChI is InChI=1S/C18H30N4O3/c1-6-16(23)7-8-17(24)19-11-15-12-22(21-20-15)13-18(4,5)25-10-9-14(2)3/h7-8,12,14H,6,9-11,13H2,1-5H3,(H,19,24)/b8-7+. The molecule has 1 amide bonds. The quantitative estimate of drug-likeness (QED) is 0.619. The summed E-state index contributed by atoms with van der Waals surface area (Å²) < 4.78 is 7.63. The van der Waals surface area contributed by atoms with Gasteiger partial charge in [0.05, 0.1) is 24.9 Å². The predicted octanol–water partition coefficient (Wildman–Crippen LogP) is 2.27. The zero-order valence-corrected chi connectivity index (χ0v) is 15.9. The lowest BCUT2D eigenvalue weighted by molar-refractivity contribution is -0.118. The number of amides is 1. The van der Waals surface area contributed by atoms with Crippen LogP contribution in [0, 0.1) is 5.92 Å². The van der Waals surface area contributed by atoms with Gasteiger partial charge in [-0.1, -0.05) is 26.0 Å². The van der Waals surface area contributed by atoms with Crippen LogP contribution in [0.2, 0.25) is 0 Å². The minimum Gasteiger partial charge on any atom is -0.374 e. The third-order valence-electron chi connectivity index (χ3n) is 3.53. The molecule has 0 radical (unpaired) electrons. The molecule has 0 aromatic carbocycles. The van der Waals surface area contributed by atoms with Crippen molar-refractivity contribution in [1.29, 1.82) is 0 Å². The second-order valence-corrected chi connectivity index (χ2v) is 7.07. The summed E-state index contributed by atoms with van der Waals surface area (Å²) in [6.45, 7) is 11.7. The van der Waals surface area contributed by atoms with Gasteiger partial charge in [0, 0.05) is 19.1 Å². The van der Waals surface area contributed by atoms with Crippen LogP contribution in [-0.4, -0.2) is 38.9 Å². The number of hydrogen-bond donors (Lipinski definition) is 1. The molecule has 0 saturated carbocycles. The number of carbonyl (C=O) groups excluding carboxylic acids is 2. The van der Waals surface area contributed by atoms with Gasteiger partial charge < -0.3 is 10.1 Å². The Balaban J connectivity index is 2.44. The number of ketones is 1. The van der Waals surface area contributed by atoms with Crippen LogP contribution in [-0.2, 0) is 27.4 Å². The smallest absolute Gasteiger partial charge is 0.244 e. The van der Waals surface area contributed by atoms with Crippen molar-refractivity contribution < 1.29 is 14.3 Å². The maximum atomic E-state index is 11.6. The highest BCUT2D eigenvalue weighted by atomic mass is 16.5. The molecular weight excluding hydrogens is 320 g/mol. The number of carbonyl (C=O) groups is 2. The van der Waals surface area contributed by atoms with E-state index in [1.54, 1.807) is 17.8 Å². The van der Waals surface area contributed by atoms with Gasteiger partial charge in [-0.15, -0.1) is 5.10 Å². The van der Waals surface area contributed by atoms with Crippen LogP contribution in [0.15, 0.2) is 18.3 Å². The van der Waals surface area contributed by atoms with E-state index in [1.807, 2.05) is 13.8 Å². The monoisotopic (exact) mass is 350 g/mol. The molecule has 0 fully saturated rings. The Hall–Kier alpha value is -2.02. The number of nitrogens with zero attached hydrogens (tertiary/aromatic N) is 3. The topological polar surface area (TPSA) is 86.1 Å². The van der Waals surface area contributed by atoms with Crippen LogP contribution in [0.25, 0.3) is 0 Å². The summed E-state index contributed by atoms with van der Waals surface area (Å²) in [5.41, 5.74) is 0.313. The molecule has 1 N–H and O–H groups in total. The second kappa shape index (κ2) is 10.1. The lowest BCUT2D eigenvalue weighted by Crippen LogP contribution is -2.31. The molecule has 1 rings (SSSR count). The van der Waals surface area contributed by atoms with Gasteiger partial charge in [0.2, 0.25) is 5.91 Å². The molecule has 140 valence electrons. The van der Waals surface area contributed by atoms with Crippen molar-refractivity contribution in [3.05, 3.63) is 24.0 Å². The first kappa shape index (κ1) is 21.0. The fraction of sp³-hybridized carbons (Fsp3) is 0.667. The van der Waals surface area contributed by atoms with Crippen molar-refractivity contribution >= 4 is 11.7 Å². The Labute approximate surface area is 149 Å². The third-order valence-corrected chi connectivity index (χ3v) is 3.53. The highest BCUT2D eigenvalue weighted by Gasteiger charge is 2.20. The summed E-state index contributed by atoms with van der Waals surface area (Å²) in [5.74, 6) is 0.202. The lowest BCUT2D eigenvalue weighted by atomic mass is 10.1. The SMILES string of the molecule is CCC(=O)/C=C/C(=O)NCc1cn(CC(C)(C)OCCC(C)C)nn1. The minimum absolute atomic E-state index is 0.0826. The number of allylic oxidation sites excluding steroid dienone is 1. The van der Waals surface area contributed by atoms with E-state index < -0.39 is 0 Å². The molecule has 0 unspecified atom stereocenters. The van der Waals surface area contributed by atoms with Crippen LogP contribution in [0.1, 0.15) is 53.2 Å². The van der Waals surface area contributed by atoms with Gasteiger partial charge in [-0.2, -0.15) is 0 Å². The molecule has 0 spiro atoms. The van der Waals surface area contributed by atoms with E-state index in [0.717, 1.165) is 6.42 Å².